The number of ether oxygens (including phenoxy) is 1. The van der Waals surface area contributed by atoms with Gasteiger partial charge in [-0.25, -0.2) is 0 Å². The van der Waals surface area contributed by atoms with Gasteiger partial charge in [-0.05, 0) is 43.2 Å². The number of hydrogen-bond donors (Lipinski definition) is 1. The Hall–Kier alpha value is -2.44. The number of pyridine rings is 1. The summed E-state index contributed by atoms with van der Waals surface area (Å²) in [7, 11) is 0. The minimum absolute atomic E-state index is 0.130. The van der Waals surface area contributed by atoms with Gasteiger partial charge in [-0.2, -0.15) is 0 Å². The summed E-state index contributed by atoms with van der Waals surface area (Å²) in [6, 6.07) is 6.84. The van der Waals surface area contributed by atoms with Gasteiger partial charge in [0.25, 0.3) is 11.8 Å². The Morgan fingerprint density at radius 3 is 2.62 bits per heavy atom. The van der Waals surface area contributed by atoms with Gasteiger partial charge in [0.15, 0.2) is 0 Å². The number of benzene rings is 1. The molecule has 0 radical (unpaired) electrons. The summed E-state index contributed by atoms with van der Waals surface area (Å²) in [6.07, 6.45) is 1.46. The summed E-state index contributed by atoms with van der Waals surface area (Å²) in [5, 5.41) is 3.26. The predicted octanol–water partition coefficient (Wildman–Crippen LogP) is 3.08. The Morgan fingerprint density at radius 2 is 1.92 bits per heavy atom. The van der Waals surface area contributed by atoms with Crippen LogP contribution >= 0.6 is 11.6 Å². The van der Waals surface area contributed by atoms with Crippen molar-refractivity contribution in [1.82, 2.24) is 9.88 Å². The van der Waals surface area contributed by atoms with Crippen LogP contribution in [-0.2, 0) is 4.74 Å². The molecule has 0 spiro atoms. The molecule has 1 saturated heterocycles. The number of morpholine rings is 1. The molecule has 136 valence electrons. The number of aryl methyl sites for hydroxylation is 2. The molecule has 26 heavy (non-hydrogen) atoms. The van der Waals surface area contributed by atoms with Gasteiger partial charge in [-0.15, -0.1) is 0 Å². The van der Waals surface area contributed by atoms with Crippen molar-refractivity contribution in [2.24, 2.45) is 0 Å². The van der Waals surface area contributed by atoms with E-state index in [0.29, 0.717) is 42.6 Å². The second-order valence-electron chi connectivity index (χ2n) is 6.23. The standard InChI is InChI=1S/C19H20ClN3O3/c1-12-9-13(2)17(15(20)10-12)22-18(24)16-11-14(3-4-21-16)19(25)23-5-7-26-8-6-23/h3-4,9-11H,5-8H2,1-2H3,(H,22,24). The van der Waals surface area contributed by atoms with Crippen molar-refractivity contribution in [2.75, 3.05) is 31.6 Å². The van der Waals surface area contributed by atoms with Crippen LogP contribution in [0.4, 0.5) is 5.69 Å². The maximum absolute atomic E-state index is 12.6. The van der Waals surface area contributed by atoms with Gasteiger partial charge < -0.3 is 15.0 Å². The van der Waals surface area contributed by atoms with E-state index in [1.165, 1.54) is 12.3 Å². The molecular formula is C19H20ClN3O3. The second-order valence-corrected chi connectivity index (χ2v) is 6.63. The van der Waals surface area contributed by atoms with Gasteiger partial charge in [0.05, 0.1) is 23.9 Å². The zero-order valence-corrected chi connectivity index (χ0v) is 15.5. The molecule has 0 saturated carbocycles. The fourth-order valence-electron chi connectivity index (χ4n) is 2.89. The molecule has 0 aliphatic carbocycles. The number of anilines is 1. The van der Waals surface area contributed by atoms with Crippen LogP contribution in [0.3, 0.4) is 0 Å². The minimum atomic E-state index is -0.407. The summed E-state index contributed by atoms with van der Waals surface area (Å²) in [5.41, 5.74) is 3.03. The monoisotopic (exact) mass is 373 g/mol. The molecule has 7 heteroatoms. The van der Waals surface area contributed by atoms with Gasteiger partial charge in [-0.3, -0.25) is 14.6 Å². The lowest BCUT2D eigenvalue weighted by Crippen LogP contribution is -2.40. The third kappa shape index (κ3) is 4.03. The lowest BCUT2D eigenvalue weighted by Gasteiger charge is -2.26. The van der Waals surface area contributed by atoms with Gasteiger partial charge in [0.2, 0.25) is 0 Å². The highest BCUT2D eigenvalue weighted by molar-refractivity contribution is 6.34. The molecule has 1 fully saturated rings. The Labute approximate surface area is 157 Å². The number of aromatic nitrogens is 1. The second kappa shape index (κ2) is 7.85. The molecule has 6 nitrogen and oxygen atoms in total. The molecule has 0 atom stereocenters. The van der Waals surface area contributed by atoms with Crippen molar-refractivity contribution in [1.29, 1.82) is 0 Å². The fourth-order valence-corrected chi connectivity index (χ4v) is 3.26. The third-order valence-corrected chi connectivity index (χ3v) is 4.51. The Kier molecular flexibility index (Phi) is 5.54. The Morgan fingerprint density at radius 1 is 1.19 bits per heavy atom. The minimum Gasteiger partial charge on any atom is -0.378 e. The first-order valence-electron chi connectivity index (χ1n) is 8.37. The van der Waals surface area contributed by atoms with E-state index in [1.807, 2.05) is 19.9 Å². The molecule has 1 aromatic heterocycles. The quantitative estimate of drug-likeness (QED) is 0.897. The van der Waals surface area contributed by atoms with Crippen LogP contribution in [-0.4, -0.2) is 48.0 Å². The topological polar surface area (TPSA) is 71.5 Å². The predicted molar refractivity (Wildman–Crippen MR) is 99.8 cm³/mol. The number of carbonyl (C=O) groups is 2. The van der Waals surface area contributed by atoms with E-state index in [9.17, 15) is 9.59 Å². The third-order valence-electron chi connectivity index (χ3n) is 4.21. The van der Waals surface area contributed by atoms with E-state index in [0.717, 1.165) is 11.1 Å². The molecule has 2 amide bonds. The first-order valence-corrected chi connectivity index (χ1v) is 8.74. The Bertz CT molecular complexity index is 825. The summed E-state index contributed by atoms with van der Waals surface area (Å²) in [5.74, 6) is -0.537. The van der Waals surface area contributed by atoms with Gasteiger partial charge in [0.1, 0.15) is 5.69 Å². The molecule has 3 rings (SSSR count). The van der Waals surface area contributed by atoms with E-state index < -0.39 is 5.91 Å². The molecule has 1 aromatic carbocycles. The normalized spacial score (nSPS) is 14.2. The first kappa shape index (κ1) is 18.4. The van der Waals surface area contributed by atoms with E-state index in [2.05, 4.69) is 10.3 Å². The maximum Gasteiger partial charge on any atom is 0.274 e. The molecule has 1 N–H and O–H groups in total. The number of halogens is 1. The van der Waals surface area contributed by atoms with Gasteiger partial charge in [0, 0.05) is 24.8 Å². The van der Waals surface area contributed by atoms with Crippen molar-refractivity contribution in [2.45, 2.75) is 13.8 Å². The van der Waals surface area contributed by atoms with Crippen molar-refractivity contribution in [3.05, 3.63) is 57.9 Å². The fraction of sp³-hybridized carbons (Fsp3) is 0.316. The van der Waals surface area contributed by atoms with Crippen LogP contribution in [0, 0.1) is 13.8 Å². The van der Waals surface area contributed by atoms with E-state index >= 15 is 0 Å². The lowest BCUT2D eigenvalue weighted by atomic mass is 10.1. The molecule has 0 unspecified atom stereocenters. The lowest BCUT2D eigenvalue weighted by molar-refractivity contribution is 0.0303. The molecule has 0 bridgehead atoms. The highest BCUT2D eigenvalue weighted by Crippen LogP contribution is 2.27. The van der Waals surface area contributed by atoms with Crippen molar-refractivity contribution < 1.29 is 14.3 Å². The summed E-state index contributed by atoms with van der Waals surface area (Å²) >= 11 is 6.24. The van der Waals surface area contributed by atoms with Crippen LogP contribution in [0.1, 0.15) is 32.0 Å². The number of amides is 2. The molecular weight excluding hydrogens is 354 g/mol. The van der Waals surface area contributed by atoms with E-state index in [4.69, 9.17) is 16.3 Å². The summed E-state index contributed by atoms with van der Waals surface area (Å²) < 4.78 is 5.26. The first-order chi connectivity index (χ1) is 12.5. The van der Waals surface area contributed by atoms with Crippen molar-refractivity contribution in [3.8, 4) is 0 Å². The van der Waals surface area contributed by atoms with Crippen LogP contribution in [0.25, 0.3) is 0 Å². The zero-order valence-electron chi connectivity index (χ0n) is 14.7. The molecule has 2 aromatic rings. The van der Waals surface area contributed by atoms with Gasteiger partial charge in [-0.1, -0.05) is 17.7 Å². The maximum atomic E-state index is 12.6. The number of hydrogen-bond acceptors (Lipinski definition) is 4. The van der Waals surface area contributed by atoms with Gasteiger partial charge >= 0.3 is 0 Å². The van der Waals surface area contributed by atoms with Crippen molar-refractivity contribution >= 4 is 29.1 Å². The molecule has 1 aliphatic rings. The zero-order chi connectivity index (χ0) is 18.7. The summed E-state index contributed by atoms with van der Waals surface area (Å²) in [4.78, 5) is 30.9. The van der Waals surface area contributed by atoms with Crippen molar-refractivity contribution in [3.63, 3.8) is 0 Å². The number of carbonyl (C=O) groups excluding carboxylic acids is 2. The van der Waals surface area contributed by atoms with Crippen LogP contribution in [0.15, 0.2) is 30.5 Å². The highest BCUT2D eigenvalue weighted by Gasteiger charge is 2.20. The number of nitrogens with one attached hydrogen (secondary N) is 1. The van der Waals surface area contributed by atoms with Crippen LogP contribution in [0.2, 0.25) is 5.02 Å². The van der Waals surface area contributed by atoms with Crippen LogP contribution in [0.5, 0.6) is 0 Å². The van der Waals surface area contributed by atoms with E-state index in [-0.39, 0.29) is 11.6 Å². The Balaban J connectivity index is 1.79. The smallest absolute Gasteiger partial charge is 0.274 e. The average Bonchev–Trinajstić information content (AvgIpc) is 2.64. The molecule has 1 aliphatic heterocycles. The summed E-state index contributed by atoms with van der Waals surface area (Å²) in [6.45, 7) is 5.94. The molecule has 2 heterocycles. The number of rotatable bonds is 3. The van der Waals surface area contributed by atoms with E-state index in [1.54, 1.807) is 17.0 Å². The highest BCUT2D eigenvalue weighted by atomic mass is 35.5. The average molecular weight is 374 g/mol. The number of nitrogens with zero attached hydrogens (tertiary/aromatic N) is 2. The van der Waals surface area contributed by atoms with Crippen LogP contribution < -0.4 is 5.32 Å². The largest absolute Gasteiger partial charge is 0.378 e. The SMILES string of the molecule is Cc1cc(C)c(NC(=O)c2cc(C(=O)N3CCOCC3)ccn2)c(Cl)c1.